The van der Waals surface area contributed by atoms with Gasteiger partial charge >= 0.3 is 0 Å². The minimum Gasteiger partial charge on any atom is -0.508 e. The number of phenolic OH excluding ortho intramolecular Hbond substituents is 1. The number of hydrogen-bond donors (Lipinski definition) is 1. The first kappa shape index (κ1) is 18.6. The van der Waals surface area contributed by atoms with E-state index < -0.39 is 5.41 Å². The molecular weight excluding hydrogens is 358 g/mol. The Morgan fingerprint density at radius 3 is 2.45 bits per heavy atom. The fourth-order valence-electron chi connectivity index (χ4n) is 3.60. The van der Waals surface area contributed by atoms with Crippen LogP contribution in [0.1, 0.15) is 28.0 Å². The van der Waals surface area contributed by atoms with Crippen molar-refractivity contribution in [3.05, 3.63) is 126 Å². The Balaban J connectivity index is 1.72. The van der Waals surface area contributed by atoms with Crippen molar-refractivity contribution in [2.75, 3.05) is 0 Å². The second kappa shape index (κ2) is 8.11. The smallest absolute Gasteiger partial charge is 0.185 e. The first-order valence-corrected chi connectivity index (χ1v) is 9.54. The van der Waals surface area contributed by atoms with E-state index in [0.29, 0.717) is 12.0 Å². The van der Waals surface area contributed by atoms with E-state index >= 15 is 0 Å². The van der Waals surface area contributed by atoms with Crippen LogP contribution in [0.25, 0.3) is 5.57 Å². The number of nitrogens with zero attached hydrogens (tertiary/aromatic N) is 1. The van der Waals surface area contributed by atoms with Crippen molar-refractivity contribution in [2.45, 2.75) is 11.8 Å². The van der Waals surface area contributed by atoms with E-state index in [0.717, 1.165) is 16.8 Å². The van der Waals surface area contributed by atoms with Crippen LogP contribution >= 0.6 is 0 Å². The fourth-order valence-corrected chi connectivity index (χ4v) is 3.60. The van der Waals surface area contributed by atoms with Gasteiger partial charge in [-0.1, -0.05) is 72.8 Å². The van der Waals surface area contributed by atoms with Gasteiger partial charge in [-0.25, -0.2) is 0 Å². The van der Waals surface area contributed by atoms with Gasteiger partial charge in [0.2, 0.25) is 0 Å². The van der Waals surface area contributed by atoms with E-state index in [2.05, 4.69) is 17.1 Å². The van der Waals surface area contributed by atoms with Crippen LogP contribution in [0.4, 0.5) is 0 Å². The Labute approximate surface area is 170 Å². The molecule has 0 fully saturated rings. The minimum absolute atomic E-state index is 0.0360. The molecule has 1 aromatic heterocycles. The predicted octanol–water partition coefficient (Wildman–Crippen LogP) is 5.51. The van der Waals surface area contributed by atoms with Crippen molar-refractivity contribution < 1.29 is 9.90 Å². The van der Waals surface area contributed by atoms with E-state index in [1.54, 1.807) is 24.4 Å². The number of pyridine rings is 1. The fraction of sp³-hybridized carbons (Fsp3) is 0.0769. The van der Waals surface area contributed by atoms with E-state index in [1.165, 1.54) is 0 Å². The van der Waals surface area contributed by atoms with Gasteiger partial charge in [0.1, 0.15) is 5.75 Å². The summed E-state index contributed by atoms with van der Waals surface area (Å²) in [5.74, 6) is 0.180. The van der Waals surface area contributed by atoms with Crippen LogP contribution in [0.2, 0.25) is 0 Å². The number of aromatic hydroxyl groups is 1. The van der Waals surface area contributed by atoms with E-state index in [4.69, 9.17) is 0 Å². The Bertz CT molecular complexity index is 1080. The van der Waals surface area contributed by atoms with E-state index in [9.17, 15) is 9.90 Å². The molecule has 1 heterocycles. The summed E-state index contributed by atoms with van der Waals surface area (Å²) in [5.41, 5.74) is 3.18. The molecule has 0 saturated heterocycles. The number of rotatable bonds is 5. The third kappa shape index (κ3) is 4.09. The van der Waals surface area contributed by atoms with Gasteiger partial charge in [-0.3, -0.25) is 9.78 Å². The molecule has 3 aromatic rings. The number of phenols is 1. The molecule has 3 nitrogen and oxygen atoms in total. The lowest BCUT2D eigenvalue weighted by Crippen LogP contribution is -2.23. The Kier molecular flexibility index (Phi) is 5.21. The Hall–Kier alpha value is -3.72. The molecule has 1 atom stereocenters. The van der Waals surface area contributed by atoms with Crippen LogP contribution in [-0.2, 0) is 5.41 Å². The molecule has 1 aliphatic carbocycles. The zero-order valence-corrected chi connectivity index (χ0v) is 15.9. The maximum atomic E-state index is 12.7. The van der Waals surface area contributed by atoms with Gasteiger partial charge in [0.25, 0.3) is 0 Å². The maximum absolute atomic E-state index is 12.7. The average molecular weight is 379 g/mol. The normalized spacial score (nSPS) is 18.6. The summed E-state index contributed by atoms with van der Waals surface area (Å²) in [5, 5.41) is 9.72. The zero-order valence-electron chi connectivity index (χ0n) is 15.9. The maximum Gasteiger partial charge on any atom is 0.185 e. The summed E-state index contributed by atoms with van der Waals surface area (Å²) in [4.78, 5) is 17.2. The summed E-state index contributed by atoms with van der Waals surface area (Å²) in [6.07, 6.45) is 12.2. The van der Waals surface area contributed by atoms with Crippen molar-refractivity contribution in [2.24, 2.45) is 0 Å². The SMILES string of the molecule is O=C(C=CC1(c2ccc(O)cc2)C=CC=C(c2ccccn2)C1)c1ccccc1. The molecule has 1 N–H and O–H groups in total. The molecular formula is C26H21NO2. The monoisotopic (exact) mass is 379 g/mol. The number of allylic oxidation sites excluding steroid dienone is 6. The Morgan fingerprint density at radius 1 is 0.966 bits per heavy atom. The molecule has 0 bridgehead atoms. The standard InChI is InChI=1S/C26H21NO2/c28-23-13-11-22(12-14-23)26(17-15-25(29)20-7-2-1-3-8-20)16-6-9-21(19-26)24-10-4-5-18-27-24/h1-18,28H,19H2. The highest BCUT2D eigenvalue weighted by Crippen LogP contribution is 2.40. The molecule has 1 unspecified atom stereocenters. The molecule has 0 radical (unpaired) electrons. The summed E-state index contributed by atoms with van der Waals surface area (Å²) in [7, 11) is 0. The largest absolute Gasteiger partial charge is 0.508 e. The highest BCUT2D eigenvalue weighted by atomic mass is 16.3. The Morgan fingerprint density at radius 2 is 1.72 bits per heavy atom. The van der Waals surface area contributed by atoms with Crippen molar-refractivity contribution in [3.8, 4) is 5.75 Å². The molecule has 4 rings (SSSR count). The lowest BCUT2D eigenvalue weighted by molar-refractivity contribution is 0.104. The van der Waals surface area contributed by atoms with Crippen LogP contribution in [0.15, 0.2) is 109 Å². The lowest BCUT2D eigenvalue weighted by atomic mass is 9.72. The topological polar surface area (TPSA) is 50.2 Å². The van der Waals surface area contributed by atoms with Crippen LogP contribution in [-0.4, -0.2) is 15.9 Å². The van der Waals surface area contributed by atoms with E-state index in [-0.39, 0.29) is 11.5 Å². The van der Waals surface area contributed by atoms with E-state index in [1.807, 2.05) is 72.8 Å². The molecule has 142 valence electrons. The summed E-state index contributed by atoms with van der Waals surface area (Å²) in [6.45, 7) is 0. The molecule has 2 aromatic carbocycles. The van der Waals surface area contributed by atoms with Crippen molar-refractivity contribution >= 4 is 11.4 Å². The average Bonchev–Trinajstić information content (AvgIpc) is 2.79. The first-order chi connectivity index (χ1) is 14.2. The van der Waals surface area contributed by atoms with Crippen LogP contribution in [0.3, 0.4) is 0 Å². The molecule has 0 saturated carbocycles. The summed E-state index contributed by atoms with van der Waals surface area (Å²) < 4.78 is 0. The molecule has 0 aliphatic heterocycles. The highest BCUT2D eigenvalue weighted by molar-refractivity contribution is 6.04. The van der Waals surface area contributed by atoms with Crippen LogP contribution < -0.4 is 0 Å². The highest BCUT2D eigenvalue weighted by Gasteiger charge is 2.30. The van der Waals surface area contributed by atoms with Gasteiger partial charge < -0.3 is 5.11 Å². The molecule has 29 heavy (non-hydrogen) atoms. The van der Waals surface area contributed by atoms with Gasteiger partial charge in [-0.05, 0) is 47.9 Å². The van der Waals surface area contributed by atoms with Crippen LogP contribution in [0, 0.1) is 0 Å². The van der Waals surface area contributed by atoms with Gasteiger partial charge in [-0.2, -0.15) is 0 Å². The minimum atomic E-state index is -0.500. The predicted molar refractivity (Wildman–Crippen MR) is 116 cm³/mol. The van der Waals surface area contributed by atoms with Crippen molar-refractivity contribution in [3.63, 3.8) is 0 Å². The van der Waals surface area contributed by atoms with Gasteiger partial charge in [0.15, 0.2) is 5.78 Å². The summed E-state index contributed by atoms with van der Waals surface area (Å²) in [6, 6.07) is 22.3. The number of carbonyl (C=O) groups is 1. The van der Waals surface area contributed by atoms with Gasteiger partial charge in [0, 0.05) is 17.2 Å². The first-order valence-electron chi connectivity index (χ1n) is 9.54. The lowest BCUT2D eigenvalue weighted by Gasteiger charge is -2.31. The molecule has 1 aliphatic rings. The number of carbonyl (C=O) groups excluding carboxylic acids is 1. The van der Waals surface area contributed by atoms with Crippen LogP contribution in [0.5, 0.6) is 5.75 Å². The molecule has 3 heteroatoms. The third-order valence-corrected chi connectivity index (χ3v) is 5.16. The molecule has 0 spiro atoms. The number of aromatic nitrogens is 1. The third-order valence-electron chi connectivity index (χ3n) is 5.16. The van der Waals surface area contributed by atoms with Crippen molar-refractivity contribution in [1.29, 1.82) is 0 Å². The number of ketones is 1. The quantitative estimate of drug-likeness (QED) is 0.470. The van der Waals surface area contributed by atoms with Gasteiger partial charge in [0.05, 0.1) is 5.69 Å². The second-order valence-electron chi connectivity index (χ2n) is 7.09. The summed E-state index contributed by atoms with van der Waals surface area (Å²) >= 11 is 0. The number of hydrogen-bond acceptors (Lipinski definition) is 3. The second-order valence-corrected chi connectivity index (χ2v) is 7.09. The van der Waals surface area contributed by atoms with Gasteiger partial charge in [-0.15, -0.1) is 0 Å². The molecule has 0 amide bonds. The zero-order chi connectivity index (χ0) is 20.1. The van der Waals surface area contributed by atoms with Crippen molar-refractivity contribution in [1.82, 2.24) is 4.98 Å². The number of benzene rings is 2.